The molecule has 5 heteroatoms. The van der Waals surface area contributed by atoms with Crippen molar-refractivity contribution in [3.05, 3.63) is 0 Å². The average molecular weight is 204 g/mol. The van der Waals surface area contributed by atoms with E-state index in [1.165, 1.54) is 4.31 Å². The minimum atomic E-state index is -3.36. The fraction of sp³-hybridized carbons (Fsp3) is 0.875. The van der Waals surface area contributed by atoms with Crippen molar-refractivity contribution in [1.82, 2.24) is 4.31 Å². The van der Waals surface area contributed by atoms with Crippen molar-refractivity contribution in [3.63, 3.8) is 0 Å². The van der Waals surface area contributed by atoms with E-state index < -0.39 is 15.8 Å². The SMILES string of the molecule is CCC(C)N(CC)S(=O)(=O)CC#N. The van der Waals surface area contributed by atoms with Crippen molar-refractivity contribution >= 4 is 10.0 Å². The highest BCUT2D eigenvalue weighted by molar-refractivity contribution is 7.89. The molecule has 0 N–H and O–H groups in total. The van der Waals surface area contributed by atoms with Gasteiger partial charge in [0.2, 0.25) is 10.0 Å². The third-order valence-electron chi connectivity index (χ3n) is 2.00. The van der Waals surface area contributed by atoms with Crippen LogP contribution < -0.4 is 0 Å². The second-order valence-electron chi connectivity index (χ2n) is 2.87. The Balaban J connectivity index is 4.69. The molecule has 0 aromatic heterocycles. The molecule has 0 saturated carbocycles. The summed E-state index contributed by atoms with van der Waals surface area (Å²) in [7, 11) is -3.36. The lowest BCUT2D eigenvalue weighted by Crippen LogP contribution is -2.39. The van der Waals surface area contributed by atoms with Crippen LogP contribution in [0.5, 0.6) is 0 Å². The van der Waals surface area contributed by atoms with Crippen molar-refractivity contribution in [2.45, 2.75) is 33.2 Å². The summed E-state index contributed by atoms with van der Waals surface area (Å²) in [5.41, 5.74) is 0. The highest BCUT2D eigenvalue weighted by Gasteiger charge is 2.23. The zero-order valence-electron chi connectivity index (χ0n) is 8.32. The van der Waals surface area contributed by atoms with Crippen LogP contribution in [0.4, 0.5) is 0 Å². The average Bonchev–Trinajstić information content (AvgIpc) is 2.04. The molecule has 0 aliphatic carbocycles. The van der Waals surface area contributed by atoms with Crippen LogP contribution in [-0.4, -0.2) is 31.1 Å². The lowest BCUT2D eigenvalue weighted by molar-refractivity contribution is 0.344. The Labute approximate surface area is 80.2 Å². The first kappa shape index (κ1) is 12.4. The van der Waals surface area contributed by atoms with Crippen LogP contribution in [0.15, 0.2) is 0 Å². The van der Waals surface area contributed by atoms with E-state index in [9.17, 15) is 8.42 Å². The molecule has 0 bridgehead atoms. The largest absolute Gasteiger partial charge is 0.227 e. The number of nitrogens with zero attached hydrogens (tertiary/aromatic N) is 2. The van der Waals surface area contributed by atoms with E-state index in [0.717, 1.165) is 6.42 Å². The Morgan fingerprint density at radius 2 is 2.00 bits per heavy atom. The summed E-state index contributed by atoms with van der Waals surface area (Å²) in [6.45, 7) is 5.98. The van der Waals surface area contributed by atoms with Crippen LogP contribution in [-0.2, 0) is 10.0 Å². The second kappa shape index (κ2) is 5.20. The second-order valence-corrected chi connectivity index (χ2v) is 4.80. The molecule has 1 atom stereocenters. The maximum atomic E-state index is 11.5. The third-order valence-corrected chi connectivity index (χ3v) is 3.82. The molecule has 0 heterocycles. The summed E-state index contributed by atoms with van der Waals surface area (Å²) in [6, 6.07) is 1.65. The molecule has 76 valence electrons. The van der Waals surface area contributed by atoms with Crippen LogP contribution >= 0.6 is 0 Å². The molecule has 0 radical (unpaired) electrons. The van der Waals surface area contributed by atoms with E-state index in [-0.39, 0.29) is 6.04 Å². The molecule has 0 aliphatic rings. The van der Waals surface area contributed by atoms with Gasteiger partial charge in [0.25, 0.3) is 0 Å². The highest BCUT2D eigenvalue weighted by Crippen LogP contribution is 2.09. The Kier molecular flexibility index (Phi) is 4.96. The smallest absolute Gasteiger partial charge is 0.211 e. The van der Waals surface area contributed by atoms with E-state index in [4.69, 9.17) is 5.26 Å². The van der Waals surface area contributed by atoms with E-state index in [1.807, 2.05) is 13.8 Å². The molecule has 0 fully saturated rings. The minimum absolute atomic E-state index is 0.0247. The molecule has 4 nitrogen and oxygen atoms in total. The van der Waals surface area contributed by atoms with E-state index in [2.05, 4.69) is 0 Å². The van der Waals surface area contributed by atoms with Crippen LogP contribution in [0.25, 0.3) is 0 Å². The third kappa shape index (κ3) is 3.33. The Bertz CT molecular complexity index is 279. The van der Waals surface area contributed by atoms with Crippen molar-refractivity contribution < 1.29 is 8.42 Å². The van der Waals surface area contributed by atoms with Crippen molar-refractivity contribution in [2.24, 2.45) is 0 Å². The quantitative estimate of drug-likeness (QED) is 0.670. The molecule has 0 aliphatic heterocycles. The summed E-state index contributed by atoms with van der Waals surface area (Å²) >= 11 is 0. The zero-order valence-corrected chi connectivity index (χ0v) is 9.13. The Hall–Kier alpha value is -0.600. The minimum Gasteiger partial charge on any atom is -0.211 e. The first-order valence-electron chi connectivity index (χ1n) is 4.36. The molecule has 0 aromatic rings. The van der Waals surface area contributed by atoms with Gasteiger partial charge in [0.1, 0.15) is 0 Å². The van der Waals surface area contributed by atoms with Crippen LogP contribution in [0.2, 0.25) is 0 Å². The lowest BCUT2D eigenvalue weighted by atomic mass is 10.3. The molecular formula is C8H16N2O2S. The molecular weight excluding hydrogens is 188 g/mol. The molecule has 0 amide bonds. The van der Waals surface area contributed by atoms with E-state index in [1.54, 1.807) is 13.0 Å². The van der Waals surface area contributed by atoms with E-state index in [0.29, 0.717) is 6.54 Å². The van der Waals surface area contributed by atoms with Crippen molar-refractivity contribution in [3.8, 4) is 6.07 Å². The molecule has 13 heavy (non-hydrogen) atoms. The maximum Gasteiger partial charge on any atom is 0.227 e. The van der Waals surface area contributed by atoms with Crippen molar-refractivity contribution in [2.75, 3.05) is 12.3 Å². The molecule has 0 saturated heterocycles. The summed E-state index contributed by atoms with van der Waals surface area (Å²) in [4.78, 5) is 0. The maximum absolute atomic E-state index is 11.5. The lowest BCUT2D eigenvalue weighted by Gasteiger charge is -2.24. The van der Waals surface area contributed by atoms with Gasteiger partial charge in [-0.1, -0.05) is 13.8 Å². The Morgan fingerprint density at radius 3 is 2.31 bits per heavy atom. The standard InChI is InChI=1S/C8H16N2O2S/c1-4-8(3)10(5-2)13(11,12)7-6-9/h8H,4-5,7H2,1-3H3. The summed E-state index contributed by atoms with van der Waals surface area (Å²) < 4.78 is 24.3. The molecule has 0 spiro atoms. The Morgan fingerprint density at radius 1 is 1.46 bits per heavy atom. The van der Waals surface area contributed by atoms with Gasteiger partial charge in [0, 0.05) is 12.6 Å². The van der Waals surface area contributed by atoms with Gasteiger partial charge >= 0.3 is 0 Å². The molecule has 0 aromatic carbocycles. The summed E-state index contributed by atoms with van der Waals surface area (Å²) in [6.07, 6.45) is 0.762. The molecule has 0 rings (SSSR count). The van der Waals surface area contributed by atoms with Gasteiger partial charge in [-0.15, -0.1) is 0 Å². The van der Waals surface area contributed by atoms with Crippen LogP contribution in [0.3, 0.4) is 0 Å². The zero-order chi connectivity index (χ0) is 10.5. The fourth-order valence-corrected chi connectivity index (χ4v) is 2.57. The van der Waals surface area contributed by atoms with Gasteiger partial charge < -0.3 is 0 Å². The van der Waals surface area contributed by atoms with Crippen LogP contribution in [0, 0.1) is 11.3 Å². The van der Waals surface area contributed by atoms with Crippen LogP contribution in [0.1, 0.15) is 27.2 Å². The number of sulfonamides is 1. The van der Waals surface area contributed by atoms with Gasteiger partial charge in [-0.2, -0.15) is 9.57 Å². The molecule has 1 unspecified atom stereocenters. The van der Waals surface area contributed by atoms with Crippen molar-refractivity contribution in [1.29, 1.82) is 5.26 Å². The van der Waals surface area contributed by atoms with Gasteiger partial charge in [-0.3, -0.25) is 0 Å². The van der Waals surface area contributed by atoms with Gasteiger partial charge in [0.15, 0.2) is 5.75 Å². The summed E-state index contributed by atoms with van der Waals surface area (Å²) in [5.74, 6) is -0.425. The van der Waals surface area contributed by atoms with E-state index >= 15 is 0 Å². The number of hydrogen-bond acceptors (Lipinski definition) is 3. The van der Waals surface area contributed by atoms with Gasteiger partial charge in [-0.25, -0.2) is 8.42 Å². The predicted molar refractivity (Wildman–Crippen MR) is 51.5 cm³/mol. The fourth-order valence-electron chi connectivity index (χ4n) is 1.15. The summed E-state index contributed by atoms with van der Waals surface area (Å²) in [5, 5.41) is 8.34. The topological polar surface area (TPSA) is 61.2 Å². The monoisotopic (exact) mass is 204 g/mol. The predicted octanol–water partition coefficient (Wildman–Crippen LogP) is 0.960. The first-order chi connectivity index (χ1) is 5.99. The van der Waals surface area contributed by atoms with Gasteiger partial charge in [-0.05, 0) is 13.3 Å². The number of rotatable bonds is 5. The number of hydrogen-bond donors (Lipinski definition) is 0. The first-order valence-corrected chi connectivity index (χ1v) is 5.97. The highest BCUT2D eigenvalue weighted by atomic mass is 32.2. The number of nitriles is 1. The normalized spacial score (nSPS) is 14.1. The van der Waals surface area contributed by atoms with Gasteiger partial charge in [0.05, 0.1) is 6.07 Å².